The normalized spacial score (nSPS) is 8.33. The molecule has 0 amide bonds. The average Bonchev–Trinajstić information content (AvgIpc) is 2.03. The molecule has 0 aliphatic heterocycles. The molecule has 0 unspecified atom stereocenters. The first-order chi connectivity index (χ1) is 6.02. The van der Waals surface area contributed by atoms with Crippen LogP contribution in [0.1, 0.15) is 20.7 Å². The number of quaternary nitrogens is 1. The van der Waals surface area contributed by atoms with Gasteiger partial charge in [0.15, 0.2) is 0 Å². The Labute approximate surface area is 91.0 Å². The van der Waals surface area contributed by atoms with E-state index in [1.807, 2.05) is 0 Å². The topological polar surface area (TPSA) is 134 Å². The number of hydrogen-bond donors (Lipinski definition) is 3. The monoisotopic (exact) mass is 235 g/mol. The minimum atomic E-state index is -1.11. The number of carboxylic acids is 2. The predicted molar refractivity (Wildman–Crippen MR) is 46.5 cm³/mol. The third-order valence-corrected chi connectivity index (χ3v) is 1.58. The van der Waals surface area contributed by atoms with E-state index in [-0.39, 0.29) is 34.7 Å². The van der Waals surface area contributed by atoms with Crippen molar-refractivity contribution < 1.29 is 43.4 Å². The number of carbonyl (C=O) groups is 2. The van der Waals surface area contributed by atoms with Gasteiger partial charge >= 0.3 is 11.9 Å². The Balaban J connectivity index is 0. The summed E-state index contributed by atoms with van der Waals surface area (Å²) in [6, 6.07) is 3.69. The number of halogens is 1. The Bertz CT molecular complexity index is 379. The zero-order valence-corrected chi connectivity index (χ0v) is 8.28. The predicted octanol–water partition coefficient (Wildman–Crippen LogP) is -3.86. The van der Waals surface area contributed by atoms with Gasteiger partial charge in [0, 0.05) is 6.07 Å². The van der Waals surface area contributed by atoms with Crippen LogP contribution in [-0.4, -0.2) is 27.6 Å². The van der Waals surface area contributed by atoms with E-state index in [0.29, 0.717) is 0 Å². The van der Waals surface area contributed by atoms with Gasteiger partial charge in [-0.2, -0.15) is 0 Å². The van der Waals surface area contributed by atoms with Crippen molar-refractivity contribution in [3.8, 4) is 0 Å². The zero-order valence-electron chi connectivity index (χ0n) is 7.53. The summed E-state index contributed by atoms with van der Waals surface area (Å²) in [6.45, 7) is 0. The minimum Gasteiger partial charge on any atom is -1.00 e. The number of carboxylic acid groups (broad SMARTS) is 2. The van der Waals surface area contributed by atoms with Crippen molar-refractivity contribution >= 4 is 17.6 Å². The molecule has 0 saturated carbocycles. The quantitative estimate of drug-likeness (QED) is 0.484. The third kappa shape index (κ3) is 3.55. The molecule has 0 aliphatic carbocycles. The van der Waals surface area contributed by atoms with Crippen molar-refractivity contribution in [1.29, 1.82) is 0 Å². The van der Waals surface area contributed by atoms with Gasteiger partial charge in [-0.3, -0.25) is 0 Å². The van der Waals surface area contributed by atoms with Crippen LogP contribution in [0.25, 0.3) is 0 Å². The Hall–Kier alpha value is -1.63. The van der Waals surface area contributed by atoms with Gasteiger partial charge in [-0.25, -0.2) is 9.59 Å². The molecule has 0 atom stereocenters. The molecule has 1 aromatic rings. The fourth-order valence-electron chi connectivity index (χ4n) is 0.935. The first-order valence-electron chi connectivity index (χ1n) is 3.45. The van der Waals surface area contributed by atoms with Gasteiger partial charge in [0.2, 0.25) is 0 Å². The highest BCUT2D eigenvalue weighted by molar-refractivity contribution is 5.95. The molecule has 84 valence electrons. The highest BCUT2D eigenvalue weighted by Crippen LogP contribution is 2.12. The van der Waals surface area contributed by atoms with E-state index < -0.39 is 11.9 Å². The lowest BCUT2D eigenvalue weighted by Gasteiger charge is -1.97. The van der Waals surface area contributed by atoms with Crippen LogP contribution >= 0.6 is 0 Å². The summed E-state index contributed by atoms with van der Waals surface area (Å²) < 4.78 is 0. The lowest BCUT2D eigenvalue weighted by Crippen LogP contribution is -3.00. The van der Waals surface area contributed by atoms with Gasteiger partial charge in [0.25, 0.3) is 0 Å². The average molecular weight is 236 g/mol. The lowest BCUT2D eigenvalue weighted by atomic mass is 10.1. The molecule has 0 aliphatic rings. The molecule has 0 bridgehead atoms. The highest BCUT2D eigenvalue weighted by Gasteiger charge is 2.13. The Morgan fingerprint density at radius 2 is 1.67 bits per heavy atom. The number of aromatic carboxylic acids is 2. The second-order valence-electron chi connectivity index (χ2n) is 2.48. The third-order valence-electron chi connectivity index (χ3n) is 1.58. The van der Waals surface area contributed by atoms with E-state index in [4.69, 9.17) is 10.2 Å². The van der Waals surface area contributed by atoms with Crippen molar-refractivity contribution in [2.45, 2.75) is 0 Å². The van der Waals surface area contributed by atoms with Crippen LogP contribution in [0.2, 0.25) is 0 Å². The Morgan fingerprint density at radius 1 is 1.13 bits per heavy atom. The maximum absolute atomic E-state index is 10.5. The molecule has 6 nitrogen and oxygen atoms in total. The van der Waals surface area contributed by atoms with Crippen molar-refractivity contribution in [1.82, 2.24) is 0 Å². The molecule has 0 saturated heterocycles. The second kappa shape index (κ2) is 5.97. The SMILES string of the molecule is O.[Cl-].[NH3+]c1cc(C(=O)O)ccc1C(=O)O. The molecular weight excluding hydrogens is 226 g/mol. The first-order valence-corrected chi connectivity index (χ1v) is 3.45. The van der Waals surface area contributed by atoms with E-state index in [1.54, 1.807) is 0 Å². The van der Waals surface area contributed by atoms with Gasteiger partial charge in [-0.05, 0) is 12.1 Å². The van der Waals surface area contributed by atoms with Gasteiger partial charge in [-0.15, -0.1) is 0 Å². The molecule has 0 radical (unpaired) electrons. The van der Waals surface area contributed by atoms with Crippen LogP contribution in [0.3, 0.4) is 0 Å². The number of hydrogen-bond acceptors (Lipinski definition) is 2. The van der Waals surface area contributed by atoms with Crippen LogP contribution in [0.15, 0.2) is 18.2 Å². The summed E-state index contributed by atoms with van der Waals surface area (Å²) in [5.74, 6) is -2.20. The highest BCUT2D eigenvalue weighted by atomic mass is 35.5. The molecule has 0 spiro atoms. The van der Waals surface area contributed by atoms with Crippen LogP contribution in [0.4, 0.5) is 5.69 Å². The fourth-order valence-corrected chi connectivity index (χ4v) is 0.935. The van der Waals surface area contributed by atoms with Crippen molar-refractivity contribution in [3.05, 3.63) is 29.3 Å². The minimum absolute atomic E-state index is 0. The van der Waals surface area contributed by atoms with E-state index in [0.717, 1.165) is 0 Å². The summed E-state index contributed by atoms with van der Waals surface area (Å²) in [4.78, 5) is 21.0. The summed E-state index contributed by atoms with van der Waals surface area (Å²) in [5.41, 5.74) is 3.70. The van der Waals surface area contributed by atoms with Gasteiger partial charge in [0.05, 0.1) is 5.56 Å². The van der Waals surface area contributed by atoms with Crippen LogP contribution in [0, 0.1) is 0 Å². The molecule has 0 fully saturated rings. The Morgan fingerprint density at radius 3 is 2.00 bits per heavy atom. The Kier molecular flexibility index (Phi) is 6.30. The largest absolute Gasteiger partial charge is 1.00 e. The van der Waals surface area contributed by atoms with Crippen LogP contribution < -0.4 is 18.1 Å². The van der Waals surface area contributed by atoms with E-state index in [2.05, 4.69) is 5.73 Å². The lowest BCUT2D eigenvalue weighted by molar-refractivity contribution is -0.255. The molecule has 7 N–H and O–H groups in total. The van der Waals surface area contributed by atoms with Gasteiger partial charge < -0.3 is 33.8 Å². The van der Waals surface area contributed by atoms with Crippen molar-refractivity contribution in [2.24, 2.45) is 0 Å². The summed E-state index contributed by atoms with van der Waals surface area (Å²) in [5, 5.41) is 17.2. The van der Waals surface area contributed by atoms with Crippen LogP contribution in [0.5, 0.6) is 0 Å². The fraction of sp³-hybridized carbons (Fsp3) is 0. The van der Waals surface area contributed by atoms with Crippen LogP contribution in [-0.2, 0) is 0 Å². The van der Waals surface area contributed by atoms with E-state index in [1.165, 1.54) is 18.2 Å². The molecule has 1 aromatic carbocycles. The summed E-state index contributed by atoms with van der Waals surface area (Å²) >= 11 is 0. The van der Waals surface area contributed by atoms with E-state index in [9.17, 15) is 9.59 Å². The molecule has 7 heteroatoms. The first kappa shape index (κ1) is 15.8. The summed E-state index contributed by atoms with van der Waals surface area (Å²) in [6.07, 6.45) is 0. The second-order valence-corrected chi connectivity index (χ2v) is 2.48. The number of rotatable bonds is 2. The molecule has 15 heavy (non-hydrogen) atoms. The molecular formula is C8H10ClNO5. The van der Waals surface area contributed by atoms with E-state index >= 15 is 0 Å². The van der Waals surface area contributed by atoms with Crippen molar-refractivity contribution in [2.75, 3.05) is 0 Å². The zero-order chi connectivity index (χ0) is 10.0. The van der Waals surface area contributed by atoms with Gasteiger partial charge in [-0.1, -0.05) is 0 Å². The molecule has 0 heterocycles. The maximum atomic E-state index is 10.5. The standard InChI is InChI=1S/C8H7NO4.ClH.H2O/c9-6-3-4(7(10)11)1-2-5(6)8(12)13;;/h1-3H,9H2,(H,10,11)(H,12,13);1H;1H2. The molecule has 1 rings (SSSR count). The van der Waals surface area contributed by atoms with Crippen molar-refractivity contribution in [3.63, 3.8) is 0 Å². The smallest absolute Gasteiger partial charge is 0.341 e. The summed E-state index contributed by atoms with van der Waals surface area (Å²) in [7, 11) is 0. The maximum Gasteiger partial charge on any atom is 0.341 e. The number of benzene rings is 1. The molecule has 0 aromatic heterocycles. The van der Waals surface area contributed by atoms with Gasteiger partial charge in [0.1, 0.15) is 11.3 Å².